The van der Waals surface area contributed by atoms with Crippen LogP contribution in [-0.2, 0) is 0 Å². The molecule has 0 radical (unpaired) electrons. The smallest absolute Gasteiger partial charge is 0.250 e. The molecule has 1 aromatic rings. The lowest BCUT2D eigenvalue weighted by Gasteiger charge is -2.41. The molecule has 0 atom stereocenters. The third-order valence-corrected chi connectivity index (χ3v) is 4.48. The number of anilines is 2. The van der Waals surface area contributed by atoms with Crippen molar-refractivity contribution in [1.82, 2.24) is 0 Å². The third kappa shape index (κ3) is 2.78. The molecule has 1 aromatic carbocycles. The maximum Gasteiger partial charge on any atom is 0.250 e. The van der Waals surface area contributed by atoms with Gasteiger partial charge in [0.2, 0.25) is 0 Å². The summed E-state index contributed by atoms with van der Waals surface area (Å²) in [5, 5.41) is 3.74. The summed E-state index contributed by atoms with van der Waals surface area (Å²) in [6.07, 6.45) is 4.83. The van der Waals surface area contributed by atoms with Gasteiger partial charge in [-0.25, -0.2) is 0 Å². The topological polar surface area (TPSA) is 81.1 Å². The molecule has 1 fully saturated rings. The summed E-state index contributed by atoms with van der Waals surface area (Å²) >= 11 is 6.16. The molecule has 2 rings (SSSR count). The molecule has 19 heavy (non-hydrogen) atoms. The molecule has 1 saturated carbocycles. The number of nitrogens with two attached hydrogens (primary N) is 2. The van der Waals surface area contributed by atoms with E-state index in [1.807, 2.05) is 0 Å². The molecule has 5 N–H and O–H groups in total. The SMILES string of the molecule is CCC1(CNc2c(Cl)cc(N)cc2C(N)=O)CCC1. The van der Waals surface area contributed by atoms with Gasteiger partial charge in [-0.05, 0) is 36.8 Å². The Bertz CT molecular complexity index is 492. The van der Waals surface area contributed by atoms with Crippen LogP contribution in [-0.4, -0.2) is 12.5 Å². The molecule has 0 aliphatic heterocycles. The fourth-order valence-corrected chi connectivity index (χ4v) is 2.90. The van der Waals surface area contributed by atoms with Gasteiger partial charge < -0.3 is 16.8 Å². The first kappa shape index (κ1) is 14.0. The number of nitrogen functional groups attached to an aromatic ring is 1. The Kier molecular flexibility index (Phi) is 3.90. The van der Waals surface area contributed by atoms with Gasteiger partial charge in [-0.3, -0.25) is 4.79 Å². The molecule has 0 bridgehead atoms. The van der Waals surface area contributed by atoms with Crippen LogP contribution in [0.4, 0.5) is 11.4 Å². The van der Waals surface area contributed by atoms with Gasteiger partial charge in [-0.2, -0.15) is 0 Å². The number of amides is 1. The van der Waals surface area contributed by atoms with Crippen LogP contribution >= 0.6 is 11.6 Å². The monoisotopic (exact) mass is 281 g/mol. The van der Waals surface area contributed by atoms with Crippen molar-refractivity contribution in [3.05, 3.63) is 22.7 Å². The second kappa shape index (κ2) is 5.29. The van der Waals surface area contributed by atoms with Crippen molar-refractivity contribution >= 4 is 28.9 Å². The zero-order valence-corrected chi connectivity index (χ0v) is 11.9. The molecule has 1 aliphatic rings. The third-order valence-electron chi connectivity index (χ3n) is 4.18. The van der Waals surface area contributed by atoms with Crippen molar-refractivity contribution in [2.45, 2.75) is 32.6 Å². The van der Waals surface area contributed by atoms with E-state index in [4.69, 9.17) is 23.1 Å². The van der Waals surface area contributed by atoms with Gasteiger partial charge in [0.05, 0.1) is 16.3 Å². The normalized spacial score (nSPS) is 16.7. The molecule has 0 spiro atoms. The molecule has 0 aromatic heterocycles. The number of primary amides is 1. The van der Waals surface area contributed by atoms with E-state index in [9.17, 15) is 4.79 Å². The summed E-state index contributed by atoms with van der Waals surface area (Å²) in [4.78, 5) is 11.5. The fraction of sp³-hybridized carbons (Fsp3) is 0.500. The number of hydrogen-bond donors (Lipinski definition) is 3. The van der Waals surface area contributed by atoms with Crippen LogP contribution in [0.1, 0.15) is 43.0 Å². The molecular weight excluding hydrogens is 262 g/mol. The zero-order valence-electron chi connectivity index (χ0n) is 11.1. The van der Waals surface area contributed by atoms with Gasteiger partial charge in [-0.1, -0.05) is 24.9 Å². The van der Waals surface area contributed by atoms with Crippen LogP contribution in [0.25, 0.3) is 0 Å². The number of hydrogen-bond acceptors (Lipinski definition) is 3. The largest absolute Gasteiger partial charge is 0.399 e. The predicted molar refractivity (Wildman–Crippen MR) is 79.4 cm³/mol. The van der Waals surface area contributed by atoms with E-state index in [-0.39, 0.29) is 0 Å². The first-order valence-corrected chi connectivity index (χ1v) is 6.98. The average molecular weight is 282 g/mol. The molecular formula is C14H20ClN3O. The summed E-state index contributed by atoms with van der Waals surface area (Å²) < 4.78 is 0. The van der Waals surface area contributed by atoms with E-state index >= 15 is 0 Å². The zero-order chi connectivity index (χ0) is 14.0. The van der Waals surface area contributed by atoms with E-state index in [0.29, 0.717) is 27.4 Å². The highest BCUT2D eigenvalue weighted by atomic mass is 35.5. The first-order chi connectivity index (χ1) is 8.97. The summed E-state index contributed by atoms with van der Waals surface area (Å²) in [5.74, 6) is -0.518. The molecule has 0 heterocycles. The summed E-state index contributed by atoms with van der Waals surface area (Å²) in [5.41, 5.74) is 12.8. The molecule has 0 saturated heterocycles. The van der Waals surface area contributed by atoms with Crippen LogP contribution in [0.3, 0.4) is 0 Å². The lowest BCUT2D eigenvalue weighted by Crippen LogP contribution is -2.36. The second-order valence-corrected chi connectivity index (χ2v) is 5.76. The maximum absolute atomic E-state index is 11.5. The van der Waals surface area contributed by atoms with Gasteiger partial charge in [0.15, 0.2) is 0 Å². The predicted octanol–water partition coefficient (Wildman–Crippen LogP) is 3.01. The summed E-state index contributed by atoms with van der Waals surface area (Å²) in [6.45, 7) is 3.01. The van der Waals surface area contributed by atoms with Gasteiger partial charge in [0, 0.05) is 12.2 Å². The number of carbonyl (C=O) groups excluding carboxylic acids is 1. The molecule has 4 nitrogen and oxygen atoms in total. The summed E-state index contributed by atoms with van der Waals surface area (Å²) in [6, 6.07) is 3.20. The van der Waals surface area contributed by atoms with Crippen LogP contribution in [0.15, 0.2) is 12.1 Å². The van der Waals surface area contributed by atoms with E-state index < -0.39 is 5.91 Å². The number of rotatable bonds is 5. The van der Waals surface area contributed by atoms with E-state index in [1.165, 1.54) is 19.3 Å². The van der Waals surface area contributed by atoms with Crippen molar-refractivity contribution in [3.63, 3.8) is 0 Å². The van der Waals surface area contributed by atoms with E-state index in [1.54, 1.807) is 12.1 Å². The highest BCUT2D eigenvalue weighted by Gasteiger charge is 2.35. The van der Waals surface area contributed by atoms with Crippen molar-refractivity contribution in [2.75, 3.05) is 17.6 Å². The highest BCUT2D eigenvalue weighted by molar-refractivity contribution is 6.34. The van der Waals surface area contributed by atoms with Gasteiger partial charge >= 0.3 is 0 Å². The van der Waals surface area contributed by atoms with Crippen molar-refractivity contribution in [3.8, 4) is 0 Å². The molecule has 104 valence electrons. The molecule has 5 heteroatoms. The van der Waals surface area contributed by atoms with Crippen LogP contribution < -0.4 is 16.8 Å². The number of nitrogens with one attached hydrogen (secondary N) is 1. The van der Waals surface area contributed by atoms with Crippen LogP contribution in [0.5, 0.6) is 0 Å². The van der Waals surface area contributed by atoms with E-state index in [2.05, 4.69) is 12.2 Å². The lowest BCUT2D eigenvalue weighted by molar-refractivity contribution is 0.100. The maximum atomic E-state index is 11.5. The molecule has 1 amide bonds. The van der Waals surface area contributed by atoms with Gasteiger partial charge in [0.25, 0.3) is 5.91 Å². The van der Waals surface area contributed by atoms with Crippen LogP contribution in [0.2, 0.25) is 5.02 Å². The fourth-order valence-electron chi connectivity index (χ4n) is 2.61. The molecule has 0 unspecified atom stereocenters. The standard InChI is InChI=1S/C14H20ClN3O/c1-2-14(4-3-5-14)8-18-12-10(13(17)19)6-9(16)7-11(12)15/h6-7,18H,2-5,8,16H2,1H3,(H2,17,19). The Hall–Kier alpha value is -1.42. The molecule has 1 aliphatic carbocycles. The minimum Gasteiger partial charge on any atom is -0.399 e. The number of carbonyl (C=O) groups is 1. The average Bonchev–Trinajstić information content (AvgIpc) is 2.29. The Morgan fingerprint density at radius 2 is 2.16 bits per heavy atom. The van der Waals surface area contributed by atoms with Crippen LogP contribution in [0, 0.1) is 5.41 Å². The highest BCUT2D eigenvalue weighted by Crippen LogP contribution is 2.44. The summed E-state index contributed by atoms with van der Waals surface area (Å²) in [7, 11) is 0. The van der Waals surface area contributed by atoms with E-state index in [0.717, 1.165) is 13.0 Å². The Labute approximate surface area is 118 Å². The minimum atomic E-state index is -0.518. The van der Waals surface area contributed by atoms with Gasteiger partial charge in [0.1, 0.15) is 0 Å². The number of halogens is 1. The Morgan fingerprint density at radius 3 is 2.63 bits per heavy atom. The van der Waals surface area contributed by atoms with Crippen molar-refractivity contribution in [2.24, 2.45) is 11.1 Å². The first-order valence-electron chi connectivity index (χ1n) is 6.60. The van der Waals surface area contributed by atoms with Crippen molar-refractivity contribution < 1.29 is 4.79 Å². The minimum absolute atomic E-state index is 0.333. The quantitative estimate of drug-likeness (QED) is 0.726. The lowest BCUT2D eigenvalue weighted by atomic mass is 9.67. The Morgan fingerprint density at radius 1 is 1.47 bits per heavy atom. The van der Waals surface area contributed by atoms with Gasteiger partial charge in [-0.15, -0.1) is 0 Å². The second-order valence-electron chi connectivity index (χ2n) is 5.35. The van der Waals surface area contributed by atoms with Crippen molar-refractivity contribution in [1.29, 1.82) is 0 Å². The Balaban J connectivity index is 2.22. The number of benzene rings is 1.